The van der Waals surface area contributed by atoms with E-state index in [9.17, 15) is 14.0 Å². The highest BCUT2D eigenvalue weighted by Gasteiger charge is 2.49. The Morgan fingerprint density at radius 3 is 1.82 bits per heavy atom. The SMILES string of the molecule is Cc1cc(C)c(O/C(=C2/N=C(Oc3ccc(F)cc3F)C(C(F)(F)F)=C2C2CCCCC2)c2[nH]c(Oc3ccc(F)cc3F)c(C#N)c2C2CCCCC2)c(C)c1. The molecule has 298 valence electrons. The largest absolute Gasteiger partial charge is 0.452 e. The van der Waals surface area contributed by atoms with Crippen LogP contribution in [0.4, 0.5) is 30.7 Å². The van der Waals surface area contributed by atoms with Crippen LogP contribution in [0.15, 0.2) is 70.4 Å². The van der Waals surface area contributed by atoms with Crippen LogP contribution < -0.4 is 14.2 Å². The van der Waals surface area contributed by atoms with Crippen LogP contribution in [-0.2, 0) is 0 Å². The zero-order valence-electron chi connectivity index (χ0n) is 31.6. The average Bonchev–Trinajstić information content (AvgIpc) is 3.73. The Balaban J connectivity index is 1.56. The van der Waals surface area contributed by atoms with Gasteiger partial charge >= 0.3 is 6.18 Å². The fourth-order valence-corrected chi connectivity index (χ4v) is 8.40. The van der Waals surface area contributed by atoms with Crippen LogP contribution in [0.2, 0.25) is 0 Å². The number of aromatic nitrogens is 1. The predicted octanol–water partition coefficient (Wildman–Crippen LogP) is 12.9. The lowest BCUT2D eigenvalue weighted by Gasteiger charge is -2.27. The standard InChI is InChI=1S/C44H40F7N3O3/c1-23-18-24(2)40(25(3)19-23)57-41(38-35(26-10-6-4-7-11-26)30(22-52)42(53-38)55-33-16-14-28(45)20-31(33)47)39-36(27-12-8-5-9-13-27)37(44(49,50)51)43(54-39)56-34-17-15-29(46)21-32(34)48/h14-21,26-27,53H,4-13H2,1-3H3/b41-39+. The number of aryl methyl sites for hydroxylation is 3. The molecule has 0 unspecified atom stereocenters. The summed E-state index contributed by atoms with van der Waals surface area (Å²) in [5.74, 6) is -7.11. The molecule has 2 aliphatic carbocycles. The van der Waals surface area contributed by atoms with Crippen LogP contribution in [0.1, 0.15) is 104 Å². The van der Waals surface area contributed by atoms with Crippen LogP contribution in [0, 0.1) is 61.3 Å². The lowest BCUT2D eigenvalue weighted by molar-refractivity contribution is -0.0879. The molecule has 0 bridgehead atoms. The minimum absolute atomic E-state index is 0.0225. The van der Waals surface area contributed by atoms with E-state index in [1.54, 1.807) is 13.8 Å². The minimum atomic E-state index is -5.06. The molecule has 2 fully saturated rings. The van der Waals surface area contributed by atoms with Gasteiger partial charge in [0, 0.05) is 23.3 Å². The molecular formula is C44H40F7N3O3. The van der Waals surface area contributed by atoms with Crippen LogP contribution in [0.5, 0.6) is 23.1 Å². The molecule has 2 saturated carbocycles. The molecule has 0 spiro atoms. The van der Waals surface area contributed by atoms with E-state index in [1.165, 1.54) is 0 Å². The van der Waals surface area contributed by atoms with Crippen molar-refractivity contribution < 1.29 is 44.9 Å². The third-order valence-electron chi connectivity index (χ3n) is 10.8. The molecule has 1 aliphatic heterocycles. The van der Waals surface area contributed by atoms with Crippen LogP contribution >= 0.6 is 0 Å². The molecule has 0 amide bonds. The Kier molecular flexibility index (Phi) is 11.3. The van der Waals surface area contributed by atoms with Crippen molar-refractivity contribution >= 4 is 11.7 Å². The number of alkyl halides is 3. The van der Waals surface area contributed by atoms with E-state index in [1.807, 2.05) is 19.1 Å². The van der Waals surface area contributed by atoms with Gasteiger partial charge in [0.25, 0.3) is 0 Å². The Labute approximate surface area is 325 Å². The van der Waals surface area contributed by atoms with Gasteiger partial charge in [-0.2, -0.15) is 18.4 Å². The first-order valence-electron chi connectivity index (χ1n) is 19.1. The van der Waals surface area contributed by atoms with E-state index < -0.39 is 58.3 Å². The third kappa shape index (κ3) is 8.18. The molecule has 0 atom stereocenters. The Hall–Kier alpha value is -5.51. The second kappa shape index (κ2) is 16.2. The Morgan fingerprint density at radius 2 is 1.30 bits per heavy atom. The summed E-state index contributed by atoms with van der Waals surface area (Å²) in [4.78, 5) is 7.60. The topological polar surface area (TPSA) is 79.6 Å². The first-order valence-corrected chi connectivity index (χ1v) is 19.1. The van der Waals surface area contributed by atoms with Crippen molar-refractivity contribution in [3.8, 4) is 29.2 Å². The number of nitrogens with one attached hydrogen (secondary N) is 1. The maximum Gasteiger partial charge on any atom is 0.421 e. The first kappa shape index (κ1) is 39.7. The number of halogens is 7. The summed E-state index contributed by atoms with van der Waals surface area (Å²) in [6, 6.07) is 10.8. The molecule has 3 aliphatic rings. The van der Waals surface area contributed by atoms with Gasteiger partial charge in [0.1, 0.15) is 40.3 Å². The number of ether oxygens (including phenoxy) is 3. The van der Waals surface area contributed by atoms with Crippen molar-refractivity contribution in [2.45, 2.75) is 97.1 Å². The predicted molar refractivity (Wildman–Crippen MR) is 200 cm³/mol. The first-order chi connectivity index (χ1) is 27.2. The van der Waals surface area contributed by atoms with E-state index in [0.717, 1.165) is 55.5 Å². The van der Waals surface area contributed by atoms with Crippen LogP contribution in [0.3, 0.4) is 0 Å². The molecule has 57 heavy (non-hydrogen) atoms. The van der Waals surface area contributed by atoms with Crippen molar-refractivity contribution in [3.63, 3.8) is 0 Å². The van der Waals surface area contributed by atoms with E-state index in [0.29, 0.717) is 73.1 Å². The zero-order chi connectivity index (χ0) is 40.6. The van der Waals surface area contributed by atoms with Crippen molar-refractivity contribution in [1.82, 2.24) is 4.98 Å². The van der Waals surface area contributed by atoms with Gasteiger partial charge in [0.15, 0.2) is 28.9 Å². The van der Waals surface area contributed by atoms with Gasteiger partial charge in [0.05, 0.1) is 5.69 Å². The third-order valence-corrected chi connectivity index (χ3v) is 10.8. The summed E-state index contributed by atoms with van der Waals surface area (Å²) in [5, 5.41) is 10.7. The number of rotatable bonds is 8. The maximum atomic E-state index is 15.6. The highest BCUT2D eigenvalue weighted by Crippen LogP contribution is 2.50. The number of nitrogens with zero attached hydrogens (tertiary/aromatic N) is 2. The number of allylic oxidation sites excluding steroid dienone is 1. The molecular weight excluding hydrogens is 751 g/mol. The molecule has 3 aromatic carbocycles. The summed E-state index contributed by atoms with van der Waals surface area (Å²) in [5.41, 5.74) is 1.02. The summed E-state index contributed by atoms with van der Waals surface area (Å²) >= 11 is 0. The number of hydrogen-bond donors (Lipinski definition) is 1. The normalized spacial score (nSPS) is 17.7. The van der Waals surface area contributed by atoms with Crippen molar-refractivity contribution in [2.75, 3.05) is 0 Å². The van der Waals surface area contributed by atoms with Gasteiger partial charge in [-0.25, -0.2) is 22.6 Å². The highest BCUT2D eigenvalue weighted by molar-refractivity contribution is 6.03. The molecule has 4 aromatic rings. The second-order valence-corrected chi connectivity index (χ2v) is 15.0. The quantitative estimate of drug-likeness (QED) is 0.142. The van der Waals surface area contributed by atoms with E-state index in [2.05, 4.69) is 16.0 Å². The molecule has 1 N–H and O–H groups in total. The lowest BCUT2D eigenvalue weighted by Crippen LogP contribution is -2.26. The van der Waals surface area contributed by atoms with Gasteiger partial charge < -0.3 is 19.2 Å². The fraction of sp³-hybridized carbons (Fsp3) is 0.364. The van der Waals surface area contributed by atoms with E-state index in [-0.39, 0.29) is 40.1 Å². The highest BCUT2D eigenvalue weighted by atomic mass is 19.4. The zero-order valence-corrected chi connectivity index (χ0v) is 31.6. The summed E-state index contributed by atoms with van der Waals surface area (Å²) in [7, 11) is 0. The van der Waals surface area contributed by atoms with Gasteiger partial charge in [-0.3, -0.25) is 0 Å². The summed E-state index contributed by atoms with van der Waals surface area (Å²) < 4.78 is 123. The minimum Gasteiger partial charge on any atom is -0.452 e. The molecule has 0 radical (unpaired) electrons. The summed E-state index contributed by atoms with van der Waals surface area (Å²) in [6.07, 6.45) is 1.57. The van der Waals surface area contributed by atoms with E-state index in [4.69, 9.17) is 14.2 Å². The average molecular weight is 792 g/mol. The molecule has 13 heteroatoms. The monoisotopic (exact) mass is 791 g/mol. The van der Waals surface area contributed by atoms with Gasteiger partial charge in [0.2, 0.25) is 11.8 Å². The molecule has 2 heterocycles. The van der Waals surface area contributed by atoms with Crippen molar-refractivity contribution in [1.29, 1.82) is 5.26 Å². The number of benzene rings is 3. The molecule has 7 rings (SSSR count). The number of hydrogen-bond acceptors (Lipinski definition) is 5. The summed E-state index contributed by atoms with van der Waals surface area (Å²) in [6.45, 7) is 5.49. The fourth-order valence-electron chi connectivity index (χ4n) is 8.40. The van der Waals surface area contributed by atoms with Crippen molar-refractivity contribution in [3.05, 3.63) is 122 Å². The Morgan fingerprint density at radius 1 is 0.754 bits per heavy atom. The number of nitriles is 1. The van der Waals surface area contributed by atoms with Gasteiger partial charge in [-0.15, -0.1) is 0 Å². The smallest absolute Gasteiger partial charge is 0.421 e. The van der Waals surface area contributed by atoms with E-state index >= 15 is 22.0 Å². The second-order valence-electron chi connectivity index (χ2n) is 15.0. The lowest BCUT2D eigenvalue weighted by atomic mass is 9.79. The number of aromatic amines is 1. The van der Waals surface area contributed by atoms with Crippen LogP contribution in [-0.4, -0.2) is 17.1 Å². The molecule has 1 aromatic heterocycles. The molecule has 6 nitrogen and oxygen atoms in total. The van der Waals surface area contributed by atoms with Crippen molar-refractivity contribution in [2.24, 2.45) is 10.9 Å². The van der Waals surface area contributed by atoms with Gasteiger partial charge in [-0.1, -0.05) is 56.2 Å². The van der Waals surface area contributed by atoms with Gasteiger partial charge in [-0.05, 0) is 93.7 Å². The number of aliphatic imine (C=N–C) groups is 1. The molecule has 0 saturated heterocycles. The Bertz CT molecular complexity index is 2320. The number of H-pyrrole nitrogens is 1. The maximum absolute atomic E-state index is 15.6. The van der Waals surface area contributed by atoms with Crippen LogP contribution in [0.25, 0.3) is 5.76 Å².